The van der Waals surface area contributed by atoms with Gasteiger partial charge in [0.15, 0.2) is 0 Å². The number of rotatable bonds is 6. The second-order valence-corrected chi connectivity index (χ2v) is 6.64. The van der Waals surface area contributed by atoms with Gasteiger partial charge >= 0.3 is 0 Å². The van der Waals surface area contributed by atoms with Crippen LogP contribution in [-0.2, 0) is 7.05 Å². The summed E-state index contributed by atoms with van der Waals surface area (Å²) in [6.07, 6.45) is 1.53. The van der Waals surface area contributed by atoms with Gasteiger partial charge in [-0.3, -0.25) is 9.48 Å². The summed E-state index contributed by atoms with van der Waals surface area (Å²) in [4.78, 5) is 12.5. The summed E-state index contributed by atoms with van der Waals surface area (Å²) in [7, 11) is 1.76. The van der Waals surface area contributed by atoms with Crippen molar-refractivity contribution < 1.29 is 13.9 Å². The van der Waals surface area contributed by atoms with E-state index in [1.54, 1.807) is 49.0 Å². The molecule has 0 aliphatic rings. The van der Waals surface area contributed by atoms with E-state index in [9.17, 15) is 9.18 Å². The Morgan fingerprint density at radius 3 is 2.75 bits per heavy atom. The van der Waals surface area contributed by atoms with Gasteiger partial charge in [-0.2, -0.15) is 5.10 Å². The number of anilines is 1. The number of nitrogens with zero attached hydrogens (tertiary/aromatic N) is 2. The SMILES string of the molecule is Cc1ccc(C(=O)Nc2ccc(OCCN)c(-c3c(Cl)cnn3C)c2)cc1F. The molecule has 0 aliphatic carbocycles. The van der Waals surface area contributed by atoms with Crippen molar-refractivity contribution in [1.82, 2.24) is 9.78 Å². The fourth-order valence-corrected chi connectivity index (χ4v) is 3.01. The summed E-state index contributed by atoms with van der Waals surface area (Å²) >= 11 is 6.28. The molecule has 3 rings (SSSR count). The Labute approximate surface area is 167 Å². The highest BCUT2D eigenvalue weighted by Gasteiger charge is 2.17. The second kappa shape index (κ2) is 8.41. The Kier molecular flexibility index (Phi) is 5.96. The first-order chi connectivity index (χ1) is 13.4. The minimum atomic E-state index is -0.430. The summed E-state index contributed by atoms with van der Waals surface area (Å²) in [5, 5.41) is 7.36. The molecule has 8 heteroatoms. The number of hydrogen-bond acceptors (Lipinski definition) is 4. The van der Waals surface area contributed by atoms with Crippen molar-refractivity contribution in [3.8, 4) is 17.0 Å². The summed E-state index contributed by atoms with van der Waals surface area (Å²) in [6.45, 7) is 2.33. The van der Waals surface area contributed by atoms with Gasteiger partial charge in [-0.15, -0.1) is 0 Å². The van der Waals surface area contributed by atoms with Crippen molar-refractivity contribution in [2.45, 2.75) is 6.92 Å². The second-order valence-electron chi connectivity index (χ2n) is 6.23. The van der Waals surface area contributed by atoms with E-state index in [0.29, 0.717) is 46.4 Å². The van der Waals surface area contributed by atoms with Gasteiger partial charge in [-0.05, 0) is 42.8 Å². The number of amides is 1. The molecule has 1 amide bonds. The number of hydrogen-bond donors (Lipinski definition) is 2. The van der Waals surface area contributed by atoms with Gasteiger partial charge in [0.05, 0.1) is 16.9 Å². The Hall–Kier alpha value is -2.90. The highest BCUT2D eigenvalue weighted by molar-refractivity contribution is 6.33. The van der Waals surface area contributed by atoms with Crippen molar-refractivity contribution in [1.29, 1.82) is 0 Å². The number of aromatic nitrogens is 2. The van der Waals surface area contributed by atoms with Gasteiger partial charge in [-0.1, -0.05) is 17.7 Å². The van der Waals surface area contributed by atoms with Gasteiger partial charge in [0.25, 0.3) is 5.91 Å². The quantitative estimate of drug-likeness (QED) is 0.657. The minimum Gasteiger partial charge on any atom is -0.492 e. The third-order valence-corrected chi connectivity index (χ3v) is 4.47. The van der Waals surface area contributed by atoms with Crippen LogP contribution in [0.1, 0.15) is 15.9 Å². The Bertz CT molecular complexity index is 1000. The summed E-state index contributed by atoms with van der Waals surface area (Å²) < 4.78 is 21.1. The van der Waals surface area contributed by atoms with Gasteiger partial charge in [0.1, 0.15) is 18.2 Å². The van der Waals surface area contributed by atoms with Crippen LogP contribution < -0.4 is 15.8 Å². The van der Waals surface area contributed by atoms with Crippen molar-refractivity contribution >= 4 is 23.2 Å². The Morgan fingerprint density at radius 2 is 2.11 bits per heavy atom. The molecular formula is C20H20ClFN4O2. The normalized spacial score (nSPS) is 10.8. The lowest BCUT2D eigenvalue weighted by atomic mass is 10.1. The molecule has 0 unspecified atom stereocenters. The number of benzene rings is 2. The highest BCUT2D eigenvalue weighted by Crippen LogP contribution is 2.36. The van der Waals surface area contributed by atoms with Crippen LogP contribution in [0, 0.1) is 12.7 Å². The fourth-order valence-electron chi connectivity index (χ4n) is 2.74. The van der Waals surface area contributed by atoms with E-state index in [1.165, 1.54) is 12.3 Å². The van der Waals surface area contributed by atoms with Crippen LogP contribution in [0.4, 0.5) is 10.1 Å². The molecule has 0 saturated heterocycles. The zero-order chi connectivity index (χ0) is 20.3. The number of nitrogens with two attached hydrogens (primary N) is 1. The first-order valence-corrected chi connectivity index (χ1v) is 9.00. The van der Waals surface area contributed by atoms with E-state index >= 15 is 0 Å². The topological polar surface area (TPSA) is 82.2 Å². The molecule has 1 aromatic heterocycles. The zero-order valence-corrected chi connectivity index (χ0v) is 16.3. The van der Waals surface area contributed by atoms with E-state index in [-0.39, 0.29) is 5.56 Å². The van der Waals surface area contributed by atoms with E-state index in [0.717, 1.165) is 0 Å². The number of nitrogens with one attached hydrogen (secondary N) is 1. The van der Waals surface area contributed by atoms with Crippen LogP contribution in [0.2, 0.25) is 5.02 Å². The third-order valence-electron chi connectivity index (χ3n) is 4.20. The van der Waals surface area contributed by atoms with Crippen molar-refractivity contribution in [2.24, 2.45) is 12.8 Å². The lowest BCUT2D eigenvalue weighted by Gasteiger charge is -2.14. The molecule has 0 aliphatic heterocycles. The number of carbonyl (C=O) groups excluding carboxylic acids is 1. The maximum atomic E-state index is 13.8. The molecule has 2 aromatic carbocycles. The molecule has 1 heterocycles. The molecule has 0 bridgehead atoms. The Balaban J connectivity index is 1.95. The maximum Gasteiger partial charge on any atom is 0.255 e. The summed E-state index contributed by atoms with van der Waals surface area (Å²) in [6, 6.07) is 9.50. The monoisotopic (exact) mass is 402 g/mol. The molecule has 146 valence electrons. The Morgan fingerprint density at radius 1 is 1.32 bits per heavy atom. The minimum absolute atomic E-state index is 0.228. The molecule has 0 radical (unpaired) electrons. The fraction of sp³-hybridized carbons (Fsp3) is 0.200. The zero-order valence-electron chi connectivity index (χ0n) is 15.5. The average molecular weight is 403 g/mol. The molecular weight excluding hydrogens is 383 g/mol. The van der Waals surface area contributed by atoms with Gasteiger partial charge in [-0.25, -0.2) is 4.39 Å². The average Bonchev–Trinajstić information content (AvgIpc) is 3.01. The number of carbonyl (C=O) groups is 1. The number of halogens is 2. The standard InChI is InChI=1S/C20H20ClFN4O2/c1-12-3-4-13(9-17(12)22)20(27)25-14-5-6-18(28-8-7-23)15(10-14)19-16(21)11-24-26(19)2/h3-6,9-11H,7-8,23H2,1-2H3,(H,25,27). The molecule has 3 N–H and O–H groups in total. The van der Waals surface area contributed by atoms with Gasteiger partial charge in [0.2, 0.25) is 0 Å². The first-order valence-electron chi connectivity index (χ1n) is 8.63. The number of aryl methyl sites for hydroxylation is 2. The highest BCUT2D eigenvalue weighted by atomic mass is 35.5. The third kappa shape index (κ3) is 4.16. The van der Waals surface area contributed by atoms with E-state index in [4.69, 9.17) is 22.1 Å². The number of ether oxygens (including phenoxy) is 1. The van der Waals surface area contributed by atoms with Crippen LogP contribution in [0.25, 0.3) is 11.3 Å². The molecule has 0 atom stereocenters. The van der Waals surface area contributed by atoms with E-state index < -0.39 is 11.7 Å². The lowest BCUT2D eigenvalue weighted by molar-refractivity contribution is 0.102. The smallest absolute Gasteiger partial charge is 0.255 e. The molecule has 0 spiro atoms. The molecule has 0 fully saturated rings. The molecule has 28 heavy (non-hydrogen) atoms. The summed E-state index contributed by atoms with van der Waals surface area (Å²) in [5.74, 6) is -0.285. The van der Waals surface area contributed by atoms with Crippen LogP contribution >= 0.6 is 11.6 Å². The predicted molar refractivity (Wildman–Crippen MR) is 107 cm³/mol. The van der Waals surface area contributed by atoms with Crippen molar-refractivity contribution in [3.63, 3.8) is 0 Å². The predicted octanol–water partition coefficient (Wildman–Crippen LogP) is 3.78. The van der Waals surface area contributed by atoms with Gasteiger partial charge in [0, 0.05) is 30.4 Å². The van der Waals surface area contributed by atoms with Crippen LogP contribution in [0.15, 0.2) is 42.6 Å². The van der Waals surface area contributed by atoms with Crippen LogP contribution in [0.5, 0.6) is 5.75 Å². The molecule has 0 saturated carbocycles. The van der Waals surface area contributed by atoms with Gasteiger partial charge < -0.3 is 15.8 Å². The first kappa shape index (κ1) is 19.9. The lowest BCUT2D eigenvalue weighted by Crippen LogP contribution is -2.13. The largest absolute Gasteiger partial charge is 0.492 e. The maximum absolute atomic E-state index is 13.8. The van der Waals surface area contributed by atoms with Crippen molar-refractivity contribution in [2.75, 3.05) is 18.5 Å². The van der Waals surface area contributed by atoms with Crippen LogP contribution in [-0.4, -0.2) is 28.8 Å². The van der Waals surface area contributed by atoms with E-state index in [2.05, 4.69) is 10.4 Å². The molecule has 6 nitrogen and oxygen atoms in total. The molecule has 3 aromatic rings. The van der Waals surface area contributed by atoms with Crippen molar-refractivity contribution in [3.05, 3.63) is 64.6 Å². The van der Waals surface area contributed by atoms with E-state index in [1.807, 2.05) is 0 Å². The summed E-state index contributed by atoms with van der Waals surface area (Å²) in [5.41, 5.74) is 8.05. The van der Waals surface area contributed by atoms with Crippen LogP contribution in [0.3, 0.4) is 0 Å².